The Bertz CT molecular complexity index is 536. The minimum atomic E-state index is -0.893. The zero-order chi connectivity index (χ0) is 15.6. The van der Waals surface area contributed by atoms with Crippen LogP contribution >= 0.6 is 0 Å². The smallest absolute Gasteiger partial charge is 0.307 e. The van der Waals surface area contributed by atoms with Crippen LogP contribution in [-0.4, -0.2) is 30.6 Å². The van der Waals surface area contributed by atoms with Crippen LogP contribution in [0.3, 0.4) is 0 Å². The zero-order valence-corrected chi connectivity index (χ0v) is 12.6. The topological polar surface area (TPSA) is 75.6 Å². The number of carboxylic acids is 1. The summed E-state index contributed by atoms with van der Waals surface area (Å²) in [5, 5.41) is 11.9. The Morgan fingerprint density at radius 3 is 2.33 bits per heavy atom. The van der Waals surface area contributed by atoms with Gasteiger partial charge in [-0.1, -0.05) is 26.0 Å². The molecule has 0 spiro atoms. The van der Waals surface area contributed by atoms with Gasteiger partial charge in [0.2, 0.25) is 5.91 Å². The Hall–Kier alpha value is -2.04. The Labute approximate surface area is 124 Å². The van der Waals surface area contributed by atoms with Crippen molar-refractivity contribution in [2.45, 2.75) is 20.3 Å². The van der Waals surface area contributed by atoms with Gasteiger partial charge < -0.3 is 15.2 Å². The largest absolute Gasteiger partial charge is 0.497 e. The van der Waals surface area contributed by atoms with Crippen LogP contribution < -0.4 is 10.1 Å². The summed E-state index contributed by atoms with van der Waals surface area (Å²) < 4.78 is 5.08. The van der Waals surface area contributed by atoms with Crippen LogP contribution in [0, 0.1) is 17.3 Å². The molecule has 0 aromatic heterocycles. The molecule has 5 heteroatoms. The summed E-state index contributed by atoms with van der Waals surface area (Å²) in [5.41, 5.74) is 0.650. The Kier molecular flexibility index (Phi) is 4.21. The number of methoxy groups -OCH3 is 1. The molecule has 0 bridgehead atoms. The molecule has 2 N–H and O–H groups in total. The van der Waals surface area contributed by atoms with E-state index >= 15 is 0 Å². The second kappa shape index (κ2) is 5.76. The molecule has 1 aliphatic rings. The molecule has 2 atom stereocenters. The van der Waals surface area contributed by atoms with Gasteiger partial charge in [0, 0.05) is 6.54 Å². The molecule has 0 saturated heterocycles. The second-order valence-electron chi connectivity index (χ2n) is 6.00. The zero-order valence-electron chi connectivity index (χ0n) is 12.6. The molecule has 1 aromatic carbocycles. The molecule has 0 aliphatic heterocycles. The van der Waals surface area contributed by atoms with E-state index in [-0.39, 0.29) is 5.91 Å². The molecule has 1 fully saturated rings. The first-order valence-electron chi connectivity index (χ1n) is 7.01. The number of carboxylic acid groups (broad SMARTS) is 1. The maximum Gasteiger partial charge on any atom is 0.307 e. The fourth-order valence-corrected chi connectivity index (χ4v) is 2.82. The monoisotopic (exact) mass is 291 g/mol. The first-order chi connectivity index (χ1) is 9.87. The highest BCUT2D eigenvalue weighted by atomic mass is 16.5. The molecule has 1 amide bonds. The van der Waals surface area contributed by atoms with Gasteiger partial charge in [0.15, 0.2) is 0 Å². The number of rotatable bonds is 6. The number of carbonyl (C=O) groups is 2. The lowest BCUT2D eigenvalue weighted by Gasteiger charge is -2.07. The molecular weight excluding hydrogens is 270 g/mol. The summed E-state index contributed by atoms with van der Waals surface area (Å²) in [6.45, 7) is 4.14. The van der Waals surface area contributed by atoms with Gasteiger partial charge in [-0.25, -0.2) is 0 Å². The number of hydrogen-bond donors (Lipinski definition) is 2. The SMILES string of the molecule is COc1ccc(CCNC(=O)[C@H]2[C@@H](C(=O)O)C2(C)C)cc1. The first kappa shape index (κ1) is 15.4. The summed E-state index contributed by atoms with van der Waals surface area (Å²) in [4.78, 5) is 23.1. The fraction of sp³-hybridized carbons (Fsp3) is 0.500. The molecule has 0 heterocycles. The standard InChI is InChI=1S/C16H21NO4/c1-16(2)12(13(16)15(19)20)14(18)17-9-8-10-4-6-11(21-3)7-5-10/h4-7,12-13H,8-9H2,1-3H3,(H,17,18)(H,19,20)/t12-,13+/m1/s1. The van der Waals surface area contributed by atoms with Crippen LogP contribution in [0.25, 0.3) is 0 Å². The summed E-state index contributed by atoms with van der Waals surface area (Å²) in [6.07, 6.45) is 0.709. The lowest BCUT2D eigenvalue weighted by Crippen LogP contribution is -2.29. The van der Waals surface area contributed by atoms with E-state index in [1.165, 1.54) is 0 Å². The maximum atomic E-state index is 12.0. The molecule has 0 radical (unpaired) electrons. The molecule has 2 rings (SSSR count). The van der Waals surface area contributed by atoms with Crippen molar-refractivity contribution < 1.29 is 19.4 Å². The number of nitrogens with one attached hydrogen (secondary N) is 1. The van der Waals surface area contributed by atoms with Crippen LogP contribution in [0.4, 0.5) is 0 Å². The van der Waals surface area contributed by atoms with Crippen molar-refractivity contribution in [2.24, 2.45) is 17.3 Å². The van der Waals surface area contributed by atoms with Crippen LogP contribution in [0.5, 0.6) is 5.75 Å². The van der Waals surface area contributed by atoms with E-state index in [0.29, 0.717) is 13.0 Å². The third kappa shape index (κ3) is 3.17. The number of carbonyl (C=O) groups excluding carboxylic acids is 1. The Balaban J connectivity index is 1.81. The first-order valence-corrected chi connectivity index (χ1v) is 7.01. The molecule has 0 unspecified atom stereocenters. The summed E-state index contributed by atoms with van der Waals surface area (Å²) in [6, 6.07) is 7.65. The van der Waals surface area contributed by atoms with Gasteiger partial charge in [-0.05, 0) is 29.5 Å². The van der Waals surface area contributed by atoms with Crippen molar-refractivity contribution in [3.8, 4) is 5.75 Å². The third-order valence-corrected chi connectivity index (χ3v) is 4.25. The molecule has 1 saturated carbocycles. The summed E-state index contributed by atoms with van der Waals surface area (Å²) in [5.74, 6) is -1.26. The minimum Gasteiger partial charge on any atom is -0.497 e. The molecule has 1 aromatic rings. The lowest BCUT2D eigenvalue weighted by molar-refractivity contribution is -0.140. The quantitative estimate of drug-likeness (QED) is 0.836. The van der Waals surface area contributed by atoms with E-state index in [4.69, 9.17) is 9.84 Å². The van der Waals surface area contributed by atoms with E-state index in [9.17, 15) is 9.59 Å². The van der Waals surface area contributed by atoms with Gasteiger partial charge >= 0.3 is 5.97 Å². The Morgan fingerprint density at radius 1 is 1.24 bits per heavy atom. The van der Waals surface area contributed by atoms with Gasteiger partial charge in [-0.15, -0.1) is 0 Å². The second-order valence-corrected chi connectivity index (χ2v) is 6.00. The number of ether oxygens (including phenoxy) is 1. The van der Waals surface area contributed by atoms with E-state index in [1.807, 2.05) is 38.1 Å². The van der Waals surface area contributed by atoms with Crippen molar-refractivity contribution in [2.75, 3.05) is 13.7 Å². The van der Waals surface area contributed by atoms with Crippen molar-refractivity contribution in [3.63, 3.8) is 0 Å². The van der Waals surface area contributed by atoms with Crippen LogP contribution in [0.2, 0.25) is 0 Å². The number of hydrogen-bond acceptors (Lipinski definition) is 3. The maximum absolute atomic E-state index is 12.0. The number of aliphatic carboxylic acids is 1. The van der Waals surface area contributed by atoms with Crippen LogP contribution in [0.15, 0.2) is 24.3 Å². The van der Waals surface area contributed by atoms with Crippen molar-refractivity contribution in [1.29, 1.82) is 0 Å². The average Bonchev–Trinajstić information content (AvgIpc) is 3.02. The van der Waals surface area contributed by atoms with E-state index < -0.39 is 23.2 Å². The summed E-state index contributed by atoms with van der Waals surface area (Å²) in [7, 11) is 1.62. The van der Waals surface area contributed by atoms with E-state index in [1.54, 1.807) is 7.11 Å². The highest BCUT2D eigenvalue weighted by Crippen LogP contribution is 2.58. The van der Waals surface area contributed by atoms with Gasteiger partial charge in [0.05, 0.1) is 18.9 Å². The van der Waals surface area contributed by atoms with Crippen LogP contribution in [0.1, 0.15) is 19.4 Å². The molecule has 5 nitrogen and oxygen atoms in total. The molecule has 21 heavy (non-hydrogen) atoms. The van der Waals surface area contributed by atoms with E-state index in [0.717, 1.165) is 11.3 Å². The average molecular weight is 291 g/mol. The normalized spacial score (nSPS) is 22.4. The molecule has 1 aliphatic carbocycles. The van der Waals surface area contributed by atoms with Gasteiger partial charge in [0.25, 0.3) is 0 Å². The third-order valence-electron chi connectivity index (χ3n) is 4.25. The predicted octanol–water partition coefficient (Wildman–Crippen LogP) is 1.71. The van der Waals surface area contributed by atoms with Crippen LogP contribution in [-0.2, 0) is 16.0 Å². The highest BCUT2D eigenvalue weighted by molar-refractivity contribution is 5.91. The summed E-state index contributed by atoms with van der Waals surface area (Å²) >= 11 is 0. The molecule has 114 valence electrons. The number of benzene rings is 1. The van der Waals surface area contributed by atoms with Crippen molar-refractivity contribution >= 4 is 11.9 Å². The lowest BCUT2D eigenvalue weighted by atomic mass is 10.1. The predicted molar refractivity (Wildman–Crippen MR) is 78.1 cm³/mol. The molecular formula is C16H21NO4. The van der Waals surface area contributed by atoms with Crippen molar-refractivity contribution in [3.05, 3.63) is 29.8 Å². The van der Waals surface area contributed by atoms with Gasteiger partial charge in [-0.3, -0.25) is 9.59 Å². The van der Waals surface area contributed by atoms with Gasteiger partial charge in [0.1, 0.15) is 5.75 Å². The van der Waals surface area contributed by atoms with Crippen molar-refractivity contribution in [1.82, 2.24) is 5.32 Å². The number of amides is 1. The minimum absolute atomic E-state index is 0.166. The fourth-order valence-electron chi connectivity index (χ4n) is 2.82. The van der Waals surface area contributed by atoms with Gasteiger partial charge in [-0.2, -0.15) is 0 Å². The van der Waals surface area contributed by atoms with E-state index in [2.05, 4.69) is 5.32 Å². The Morgan fingerprint density at radius 2 is 1.86 bits per heavy atom. The highest BCUT2D eigenvalue weighted by Gasteiger charge is 2.65.